The molecule has 0 saturated carbocycles. The maximum Gasteiger partial charge on any atom is 0.119 e. The quantitative estimate of drug-likeness (QED) is 0.759. The van der Waals surface area contributed by atoms with E-state index in [1.54, 1.807) is 0 Å². The highest BCUT2D eigenvalue weighted by atomic mass is 16.5. The average molecular weight is 288 g/mol. The molecule has 2 rings (SSSR count). The summed E-state index contributed by atoms with van der Waals surface area (Å²) in [4.78, 5) is 2.23. The summed E-state index contributed by atoms with van der Waals surface area (Å²) in [6.07, 6.45) is 0.975. The Bertz CT molecular complexity index is 551. The molecule has 0 amide bonds. The molecule has 0 saturated heterocycles. The zero-order valence-electron chi connectivity index (χ0n) is 12.8. The predicted molar refractivity (Wildman–Crippen MR) is 84.2 cm³/mol. The standard InChI is InChI=1S/C17H24N2O2/c1-14-7-8-17(21-14)13-19(2)9-4-10-20-16-6-3-5-15(11-16)12-18/h3,5-8,11H,4,9-10,12-13,18H2,1-2H3. The molecule has 1 aromatic carbocycles. The van der Waals surface area contributed by atoms with Crippen LogP contribution < -0.4 is 10.5 Å². The van der Waals surface area contributed by atoms with Crippen molar-refractivity contribution in [2.75, 3.05) is 20.2 Å². The summed E-state index contributed by atoms with van der Waals surface area (Å²) in [6.45, 7) is 5.01. The summed E-state index contributed by atoms with van der Waals surface area (Å²) in [7, 11) is 2.09. The van der Waals surface area contributed by atoms with Crippen molar-refractivity contribution in [2.45, 2.75) is 26.4 Å². The lowest BCUT2D eigenvalue weighted by molar-refractivity contribution is 0.246. The molecule has 2 N–H and O–H groups in total. The molecule has 0 fully saturated rings. The summed E-state index contributed by atoms with van der Waals surface area (Å²) in [5.41, 5.74) is 6.71. The van der Waals surface area contributed by atoms with Gasteiger partial charge in [-0.15, -0.1) is 0 Å². The Hall–Kier alpha value is -1.78. The molecule has 114 valence electrons. The van der Waals surface area contributed by atoms with E-state index in [2.05, 4.69) is 11.9 Å². The highest BCUT2D eigenvalue weighted by Crippen LogP contribution is 2.13. The molecule has 1 heterocycles. The van der Waals surface area contributed by atoms with Crippen molar-refractivity contribution in [2.24, 2.45) is 5.73 Å². The van der Waals surface area contributed by atoms with E-state index in [-0.39, 0.29) is 0 Å². The zero-order valence-corrected chi connectivity index (χ0v) is 12.8. The largest absolute Gasteiger partial charge is 0.494 e. The van der Waals surface area contributed by atoms with Gasteiger partial charge < -0.3 is 14.9 Å². The second-order valence-electron chi connectivity index (χ2n) is 5.30. The average Bonchev–Trinajstić information content (AvgIpc) is 2.89. The molecule has 0 unspecified atom stereocenters. The molecule has 4 heteroatoms. The lowest BCUT2D eigenvalue weighted by Gasteiger charge is -2.15. The Morgan fingerprint density at radius 3 is 2.81 bits per heavy atom. The van der Waals surface area contributed by atoms with E-state index < -0.39 is 0 Å². The summed E-state index contributed by atoms with van der Waals surface area (Å²) >= 11 is 0. The van der Waals surface area contributed by atoms with Gasteiger partial charge in [0.2, 0.25) is 0 Å². The molecule has 0 atom stereocenters. The van der Waals surface area contributed by atoms with Crippen LogP contribution in [0.2, 0.25) is 0 Å². The van der Waals surface area contributed by atoms with Gasteiger partial charge in [0.15, 0.2) is 0 Å². The van der Waals surface area contributed by atoms with Crippen LogP contribution >= 0.6 is 0 Å². The zero-order chi connectivity index (χ0) is 15.1. The van der Waals surface area contributed by atoms with Gasteiger partial charge in [0.25, 0.3) is 0 Å². The van der Waals surface area contributed by atoms with Crippen molar-refractivity contribution in [1.82, 2.24) is 4.90 Å². The molecule has 0 aliphatic rings. The minimum absolute atomic E-state index is 0.544. The van der Waals surface area contributed by atoms with Crippen molar-refractivity contribution in [3.63, 3.8) is 0 Å². The van der Waals surface area contributed by atoms with Crippen molar-refractivity contribution in [3.8, 4) is 5.75 Å². The molecule has 1 aromatic heterocycles. The highest BCUT2D eigenvalue weighted by molar-refractivity contribution is 5.28. The third-order valence-corrected chi connectivity index (χ3v) is 3.31. The number of ether oxygens (including phenoxy) is 1. The summed E-state index contributed by atoms with van der Waals surface area (Å²) in [5, 5.41) is 0. The van der Waals surface area contributed by atoms with Crippen molar-refractivity contribution in [3.05, 3.63) is 53.5 Å². The summed E-state index contributed by atoms with van der Waals surface area (Å²) in [5.74, 6) is 2.86. The molecule has 0 aliphatic carbocycles. The molecule has 4 nitrogen and oxygen atoms in total. The molecule has 2 aromatic rings. The van der Waals surface area contributed by atoms with Crippen LogP contribution in [0.25, 0.3) is 0 Å². The Labute approximate surface area is 126 Å². The monoisotopic (exact) mass is 288 g/mol. The number of rotatable bonds is 8. The highest BCUT2D eigenvalue weighted by Gasteiger charge is 2.04. The molecule has 0 bridgehead atoms. The molecule has 0 spiro atoms. The van der Waals surface area contributed by atoms with Crippen molar-refractivity contribution in [1.29, 1.82) is 0 Å². The fourth-order valence-corrected chi connectivity index (χ4v) is 2.20. The van der Waals surface area contributed by atoms with Gasteiger partial charge in [0.05, 0.1) is 13.2 Å². The minimum Gasteiger partial charge on any atom is -0.494 e. The van der Waals surface area contributed by atoms with E-state index in [1.165, 1.54) is 0 Å². The molecule has 21 heavy (non-hydrogen) atoms. The van der Waals surface area contributed by atoms with Gasteiger partial charge in [-0.1, -0.05) is 12.1 Å². The van der Waals surface area contributed by atoms with Crippen LogP contribution in [0.15, 0.2) is 40.8 Å². The number of nitrogens with zero attached hydrogens (tertiary/aromatic N) is 1. The molecule has 0 aliphatic heterocycles. The summed E-state index contributed by atoms with van der Waals surface area (Å²) < 4.78 is 11.3. The van der Waals surface area contributed by atoms with Crippen LogP contribution in [-0.2, 0) is 13.1 Å². The first-order valence-electron chi connectivity index (χ1n) is 7.33. The van der Waals surface area contributed by atoms with Crippen LogP contribution in [0.5, 0.6) is 5.75 Å². The maximum atomic E-state index is 5.75. The first kappa shape index (κ1) is 15.6. The number of hydrogen-bond acceptors (Lipinski definition) is 4. The van der Waals surface area contributed by atoms with Gasteiger partial charge >= 0.3 is 0 Å². The number of aryl methyl sites for hydroxylation is 1. The Kier molecular flexibility index (Phi) is 5.84. The van der Waals surface area contributed by atoms with Gasteiger partial charge in [-0.2, -0.15) is 0 Å². The number of nitrogens with two attached hydrogens (primary N) is 1. The smallest absolute Gasteiger partial charge is 0.119 e. The normalized spacial score (nSPS) is 11.0. The predicted octanol–water partition coefficient (Wildman–Crippen LogP) is 2.95. The third-order valence-electron chi connectivity index (χ3n) is 3.31. The molecular weight excluding hydrogens is 264 g/mol. The van der Waals surface area contributed by atoms with E-state index in [0.29, 0.717) is 13.2 Å². The first-order chi connectivity index (χ1) is 10.2. The van der Waals surface area contributed by atoms with E-state index in [4.69, 9.17) is 14.9 Å². The lowest BCUT2D eigenvalue weighted by Crippen LogP contribution is -2.20. The van der Waals surface area contributed by atoms with Crippen molar-refractivity contribution < 1.29 is 9.15 Å². The van der Waals surface area contributed by atoms with E-state index in [9.17, 15) is 0 Å². The number of hydrogen-bond donors (Lipinski definition) is 1. The minimum atomic E-state index is 0.544. The van der Waals surface area contributed by atoms with E-state index in [1.807, 2.05) is 43.3 Å². The number of benzene rings is 1. The topological polar surface area (TPSA) is 51.6 Å². The fourth-order valence-electron chi connectivity index (χ4n) is 2.20. The van der Waals surface area contributed by atoms with Gasteiger partial charge in [0, 0.05) is 13.1 Å². The maximum absolute atomic E-state index is 5.75. The lowest BCUT2D eigenvalue weighted by atomic mass is 10.2. The van der Waals surface area contributed by atoms with Crippen LogP contribution in [0.3, 0.4) is 0 Å². The molecule has 0 radical (unpaired) electrons. The van der Waals surface area contributed by atoms with Crippen LogP contribution in [0.4, 0.5) is 0 Å². The summed E-state index contributed by atoms with van der Waals surface area (Å²) in [6, 6.07) is 12.0. The van der Waals surface area contributed by atoms with Gasteiger partial charge in [-0.25, -0.2) is 0 Å². The van der Waals surface area contributed by atoms with E-state index in [0.717, 1.165) is 42.3 Å². The van der Waals surface area contributed by atoms with Crippen LogP contribution in [-0.4, -0.2) is 25.1 Å². The van der Waals surface area contributed by atoms with Gasteiger partial charge in [0.1, 0.15) is 17.3 Å². The number of furan rings is 1. The Morgan fingerprint density at radius 1 is 1.24 bits per heavy atom. The first-order valence-corrected chi connectivity index (χ1v) is 7.33. The van der Waals surface area contributed by atoms with Gasteiger partial charge in [-0.05, 0) is 50.2 Å². The Balaban J connectivity index is 1.66. The van der Waals surface area contributed by atoms with Crippen molar-refractivity contribution >= 4 is 0 Å². The fraction of sp³-hybridized carbons (Fsp3) is 0.412. The second kappa shape index (κ2) is 7.86. The van der Waals surface area contributed by atoms with E-state index >= 15 is 0 Å². The van der Waals surface area contributed by atoms with Crippen LogP contribution in [0.1, 0.15) is 23.5 Å². The SMILES string of the molecule is Cc1ccc(CN(C)CCCOc2cccc(CN)c2)o1. The van der Waals surface area contributed by atoms with Gasteiger partial charge in [-0.3, -0.25) is 4.90 Å². The Morgan fingerprint density at radius 2 is 2.10 bits per heavy atom. The van der Waals surface area contributed by atoms with Crippen LogP contribution in [0, 0.1) is 6.92 Å². The molecular formula is C17H24N2O2. The third kappa shape index (κ3) is 5.25. The second-order valence-corrected chi connectivity index (χ2v) is 5.30.